The maximum absolute atomic E-state index is 11.8. The van der Waals surface area contributed by atoms with Crippen LogP contribution in [0.15, 0.2) is 25.3 Å². The van der Waals surface area contributed by atoms with Gasteiger partial charge in [-0.1, -0.05) is 45.6 Å². The van der Waals surface area contributed by atoms with E-state index in [0.717, 1.165) is 12.8 Å². The maximum Gasteiger partial charge on any atom is 0.320 e. The normalized spacial score (nSPS) is 11.7. The van der Waals surface area contributed by atoms with Gasteiger partial charge in [0.15, 0.2) is 5.92 Å². The Morgan fingerprint density at radius 2 is 1.56 bits per heavy atom. The average Bonchev–Trinajstić information content (AvgIpc) is 2.34. The number of carbonyl (C=O) groups excluding carboxylic acids is 2. The monoisotopic (exact) mass is 254 g/mol. The Balaban J connectivity index is 4.68. The van der Waals surface area contributed by atoms with E-state index in [0.29, 0.717) is 0 Å². The number of esters is 2. The minimum atomic E-state index is -0.871. The van der Waals surface area contributed by atoms with E-state index in [1.165, 1.54) is 12.2 Å². The molecule has 0 aromatic rings. The topological polar surface area (TPSA) is 52.6 Å². The van der Waals surface area contributed by atoms with Gasteiger partial charge < -0.3 is 9.47 Å². The van der Waals surface area contributed by atoms with Crippen molar-refractivity contribution in [2.45, 2.75) is 26.7 Å². The predicted molar refractivity (Wildman–Crippen MR) is 69.9 cm³/mol. The third-order valence-electron chi connectivity index (χ3n) is 2.51. The van der Waals surface area contributed by atoms with Crippen LogP contribution in [0.25, 0.3) is 0 Å². The fraction of sp³-hybridized carbons (Fsp3) is 0.571. The molecule has 0 rings (SSSR count). The van der Waals surface area contributed by atoms with Crippen molar-refractivity contribution >= 4 is 11.9 Å². The van der Waals surface area contributed by atoms with Gasteiger partial charge in [-0.2, -0.15) is 0 Å². The van der Waals surface area contributed by atoms with E-state index in [4.69, 9.17) is 9.47 Å². The van der Waals surface area contributed by atoms with Crippen molar-refractivity contribution in [3.05, 3.63) is 25.3 Å². The van der Waals surface area contributed by atoms with Crippen LogP contribution in [0.1, 0.15) is 26.7 Å². The zero-order chi connectivity index (χ0) is 14.0. The number of carbonyl (C=O) groups is 2. The molecule has 0 aliphatic rings. The fourth-order valence-corrected chi connectivity index (χ4v) is 1.64. The fourth-order valence-electron chi connectivity index (χ4n) is 1.64. The molecular formula is C14H22O4. The van der Waals surface area contributed by atoms with Gasteiger partial charge in [-0.05, 0) is 12.3 Å². The molecule has 0 aromatic carbocycles. The molecule has 0 fully saturated rings. The Bertz CT molecular complexity index is 272. The van der Waals surface area contributed by atoms with Crippen LogP contribution in [0.5, 0.6) is 0 Å². The quantitative estimate of drug-likeness (QED) is 0.360. The van der Waals surface area contributed by atoms with Gasteiger partial charge >= 0.3 is 11.9 Å². The van der Waals surface area contributed by atoms with Crippen molar-refractivity contribution in [1.29, 1.82) is 0 Å². The highest BCUT2D eigenvalue weighted by atomic mass is 16.6. The number of rotatable bonds is 9. The second-order valence-electron chi connectivity index (χ2n) is 4.08. The highest BCUT2D eigenvalue weighted by molar-refractivity contribution is 5.95. The van der Waals surface area contributed by atoms with E-state index in [-0.39, 0.29) is 19.1 Å². The molecule has 0 N–H and O–H groups in total. The molecule has 4 nitrogen and oxygen atoms in total. The lowest BCUT2D eigenvalue weighted by atomic mass is 9.90. The highest BCUT2D eigenvalue weighted by Crippen LogP contribution is 2.20. The van der Waals surface area contributed by atoms with Crippen molar-refractivity contribution in [2.75, 3.05) is 13.2 Å². The van der Waals surface area contributed by atoms with Crippen molar-refractivity contribution in [3.8, 4) is 0 Å². The molecule has 0 radical (unpaired) electrons. The van der Waals surface area contributed by atoms with E-state index in [2.05, 4.69) is 13.2 Å². The maximum atomic E-state index is 11.8. The Morgan fingerprint density at radius 1 is 1.11 bits per heavy atom. The van der Waals surface area contributed by atoms with E-state index in [1.807, 2.05) is 13.8 Å². The van der Waals surface area contributed by atoms with Crippen molar-refractivity contribution in [2.24, 2.45) is 11.8 Å². The lowest BCUT2D eigenvalue weighted by molar-refractivity contribution is -0.163. The highest BCUT2D eigenvalue weighted by Gasteiger charge is 2.34. The van der Waals surface area contributed by atoms with E-state index >= 15 is 0 Å². The summed E-state index contributed by atoms with van der Waals surface area (Å²) >= 11 is 0. The second kappa shape index (κ2) is 9.45. The zero-order valence-corrected chi connectivity index (χ0v) is 11.2. The van der Waals surface area contributed by atoms with E-state index < -0.39 is 17.9 Å². The van der Waals surface area contributed by atoms with Gasteiger partial charge in [-0.25, -0.2) is 0 Å². The molecule has 0 saturated heterocycles. The smallest absolute Gasteiger partial charge is 0.320 e. The lowest BCUT2D eigenvalue weighted by Gasteiger charge is -2.20. The zero-order valence-electron chi connectivity index (χ0n) is 11.2. The molecule has 0 amide bonds. The third-order valence-corrected chi connectivity index (χ3v) is 2.51. The molecule has 0 spiro atoms. The third kappa shape index (κ3) is 5.66. The van der Waals surface area contributed by atoms with Crippen molar-refractivity contribution < 1.29 is 19.1 Å². The summed E-state index contributed by atoms with van der Waals surface area (Å²) in [7, 11) is 0. The molecule has 18 heavy (non-hydrogen) atoms. The molecule has 0 aromatic heterocycles. The first-order valence-corrected chi connectivity index (χ1v) is 6.13. The van der Waals surface area contributed by atoms with Gasteiger partial charge in [0.25, 0.3) is 0 Å². The molecule has 0 heterocycles. The first-order chi connectivity index (χ1) is 8.58. The van der Waals surface area contributed by atoms with Gasteiger partial charge in [-0.15, -0.1) is 0 Å². The number of hydrogen-bond acceptors (Lipinski definition) is 4. The first kappa shape index (κ1) is 16.4. The Labute approximate surface area is 109 Å². The van der Waals surface area contributed by atoms with Gasteiger partial charge in [-0.3, -0.25) is 9.59 Å². The summed E-state index contributed by atoms with van der Waals surface area (Å²) in [5, 5.41) is 0. The van der Waals surface area contributed by atoms with Crippen LogP contribution < -0.4 is 0 Å². The molecule has 1 unspecified atom stereocenters. The van der Waals surface area contributed by atoms with Crippen LogP contribution in [-0.2, 0) is 19.1 Å². The van der Waals surface area contributed by atoms with Crippen LogP contribution in [0.2, 0.25) is 0 Å². The lowest BCUT2D eigenvalue weighted by Crippen LogP contribution is -2.33. The van der Waals surface area contributed by atoms with Crippen LogP contribution in [-0.4, -0.2) is 25.2 Å². The minimum Gasteiger partial charge on any atom is -0.461 e. The largest absolute Gasteiger partial charge is 0.461 e. The first-order valence-electron chi connectivity index (χ1n) is 6.13. The van der Waals surface area contributed by atoms with Crippen LogP contribution in [0.3, 0.4) is 0 Å². The molecule has 0 bridgehead atoms. The standard InChI is InChI=1S/C14H22O4/c1-5-8-11(4)12(13(15)17-9-6-2)14(16)18-10-7-3/h6-7,11-12H,2-3,5,8-10H2,1,4H3. The summed E-state index contributed by atoms with van der Waals surface area (Å²) in [5.41, 5.74) is 0. The summed E-state index contributed by atoms with van der Waals surface area (Å²) in [4.78, 5) is 23.7. The summed E-state index contributed by atoms with van der Waals surface area (Å²) in [6, 6.07) is 0. The van der Waals surface area contributed by atoms with Gasteiger partial charge in [0.1, 0.15) is 13.2 Å². The molecule has 1 atom stereocenters. The molecule has 0 aliphatic heterocycles. The van der Waals surface area contributed by atoms with Crippen LogP contribution >= 0.6 is 0 Å². The number of hydrogen-bond donors (Lipinski definition) is 0. The summed E-state index contributed by atoms with van der Waals surface area (Å²) < 4.78 is 9.88. The Hall–Kier alpha value is -1.58. The minimum absolute atomic E-state index is 0.100. The SMILES string of the molecule is C=CCOC(=O)C(C(=O)OCC=C)C(C)CCC. The Kier molecular flexibility index (Phi) is 8.62. The van der Waals surface area contributed by atoms with Gasteiger partial charge in [0.2, 0.25) is 0 Å². The molecule has 0 aliphatic carbocycles. The van der Waals surface area contributed by atoms with E-state index in [1.54, 1.807) is 0 Å². The number of ether oxygens (including phenoxy) is 2. The Morgan fingerprint density at radius 3 is 1.89 bits per heavy atom. The second-order valence-corrected chi connectivity index (χ2v) is 4.08. The van der Waals surface area contributed by atoms with E-state index in [9.17, 15) is 9.59 Å². The average molecular weight is 254 g/mol. The van der Waals surface area contributed by atoms with Crippen molar-refractivity contribution in [1.82, 2.24) is 0 Å². The molecule has 4 heteroatoms. The van der Waals surface area contributed by atoms with Crippen molar-refractivity contribution in [3.63, 3.8) is 0 Å². The van der Waals surface area contributed by atoms with Crippen LogP contribution in [0, 0.1) is 11.8 Å². The summed E-state index contributed by atoms with van der Waals surface area (Å²) in [6.45, 7) is 11.0. The van der Waals surface area contributed by atoms with Gasteiger partial charge in [0, 0.05) is 0 Å². The van der Waals surface area contributed by atoms with Gasteiger partial charge in [0.05, 0.1) is 0 Å². The summed E-state index contributed by atoms with van der Waals surface area (Å²) in [6.07, 6.45) is 4.58. The van der Waals surface area contributed by atoms with Crippen LogP contribution in [0.4, 0.5) is 0 Å². The molecule has 0 saturated carbocycles. The summed E-state index contributed by atoms with van der Waals surface area (Å²) in [5.74, 6) is -2.08. The molecule has 102 valence electrons. The molecular weight excluding hydrogens is 232 g/mol. The predicted octanol–water partition coefficient (Wildman–Crippen LogP) is 2.50.